The summed E-state index contributed by atoms with van der Waals surface area (Å²) in [4.78, 5) is 22.4. The lowest BCUT2D eigenvalue weighted by Crippen LogP contribution is -2.27. The Balaban J connectivity index is 2.96. The number of methoxy groups -OCH3 is 1. The molecule has 0 unspecified atom stereocenters. The van der Waals surface area contributed by atoms with Crippen LogP contribution in [0, 0.1) is 0 Å². The number of nitrogens with one attached hydrogen (secondary N) is 1. The molecule has 0 atom stereocenters. The Hall–Kier alpha value is -1.75. The Bertz CT molecular complexity index is 494. The quantitative estimate of drug-likeness (QED) is 0.863. The molecular formula is C13H16ClNO4. The molecule has 1 amide bonds. The molecule has 1 aromatic carbocycles. The molecule has 0 bridgehead atoms. The second-order valence-electron chi connectivity index (χ2n) is 4.82. The molecule has 0 aromatic heterocycles. The number of ether oxygens (including phenoxy) is 2. The van der Waals surface area contributed by atoms with Crippen molar-refractivity contribution in [3.63, 3.8) is 0 Å². The van der Waals surface area contributed by atoms with E-state index in [4.69, 9.17) is 21.1 Å². The van der Waals surface area contributed by atoms with Crippen molar-refractivity contribution in [3.8, 4) is 5.75 Å². The highest BCUT2D eigenvalue weighted by molar-refractivity contribution is 6.34. The molecule has 0 saturated heterocycles. The first-order valence-corrected chi connectivity index (χ1v) is 5.97. The van der Waals surface area contributed by atoms with Gasteiger partial charge in [0.2, 0.25) is 0 Å². The molecule has 19 heavy (non-hydrogen) atoms. The average Bonchev–Trinajstić information content (AvgIpc) is 2.28. The van der Waals surface area contributed by atoms with E-state index in [1.54, 1.807) is 20.8 Å². The average molecular weight is 286 g/mol. The first-order chi connectivity index (χ1) is 8.76. The fourth-order valence-corrected chi connectivity index (χ4v) is 1.57. The minimum atomic E-state index is -0.629. The number of carbonyl (C=O) groups excluding carboxylic acids is 2. The maximum Gasteiger partial charge on any atom is 0.412 e. The Morgan fingerprint density at radius 3 is 2.47 bits per heavy atom. The lowest BCUT2D eigenvalue weighted by molar-refractivity contribution is 0.0636. The first kappa shape index (κ1) is 15.3. The van der Waals surface area contributed by atoms with Gasteiger partial charge in [0.25, 0.3) is 0 Å². The summed E-state index contributed by atoms with van der Waals surface area (Å²) in [6, 6.07) is 2.88. The number of benzene rings is 1. The van der Waals surface area contributed by atoms with Crippen molar-refractivity contribution in [2.24, 2.45) is 0 Å². The van der Waals surface area contributed by atoms with E-state index in [0.717, 1.165) is 0 Å². The number of carbonyl (C=O) groups is 2. The van der Waals surface area contributed by atoms with Gasteiger partial charge in [-0.1, -0.05) is 11.6 Å². The minimum absolute atomic E-state index is 0.230. The fraction of sp³-hybridized carbons (Fsp3) is 0.385. The number of aldehydes is 1. The lowest BCUT2D eigenvalue weighted by atomic mass is 10.2. The predicted molar refractivity (Wildman–Crippen MR) is 73.2 cm³/mol. The highest BCUT2D eigenvalue weighted by Gasteiger charge is 2.18. The van der Waals surface area contributed by atoms with Crippen molar-refractivity contribution in [3.05, 3.63) is 22.7 Å². The van der Waals surface area contributed by atoms with Gasteiger partial charge in [-0.3, -0.25) is 10.1 Å². The summed E-state index contributed by atoms with van der Waals surface area (Å²) in [6.07, 6.45) is -0.00239. The molecule has 0 heterocycles. The fourth-order valence-electron chi connectivity index (χ4n) is 1.35. The molecule has 1 rings (SSSR count). The van der Waals surface area contributed by atoms with Crippen molar-refractivity contribution >= 4 is 29.7 Å². The van der Waals surface area contributed by atoms with Crippen LogP contribution in [0.1, 0.15) is 31.1 Å². The van der Waals surface area contributed by atoms with Crippen LogP contribution >= 0.6 is 11.6 Å². The van der Waals surface area contributed by atoms with E-state index in [2.05, 4.69) is 5.32 Å². The van der Waals surface area contributed by atoms with Crippen molar-refractivity contribution in [2.45, 2.75) is 26.4 Å². The monoisotopic (exact) mass is 285 g/mol. The molecule has 5 nitrogen and oxygen atoms in total. The Morgan fingerprint density at radius 1 is 1.37 bits per heavy atom. The maximum absolute atomic E-state index is 11.6. The van der Waals surface area contributed by atoms with E-state index in [0.29, 0.717) is 23.3 Å². The number of hydrogen-bond donors (Lipinski definition) is 1. The lowest BCUT2D eigenvalue weighted by Gasteiger charge is -2.20. The summed E-state index contributed by atoms with van der Waals surface area (Å²) in [7, 11) is 1.42. The summed E-state index contributed by atoms with van der Waals surface area (Å²) in [6.45, 7) is 5.26. The maximum atomic E-state index is 11.6. The molecule has 104 valence electrons. The number of hydrogen-bond acceptors (Lipinski definition) is 4. The van der Waals surface area contributed by atoms with Crippen LogP contribution in [0.5, 0.6) is 5.75 Å². The largest absolute Gasteiger partial charge is 0.496 e. The van der Waals surface area contributed by atoms with Gasteiger partial charge >= 0.3 is 6.09 Å². The zero-order valence-corrected chi connectivity index (χ0v) is 12.0. The smallest absolute Gasteiger partial charge is 0.412 e. The van der Waals surface area contributed by atoms with E-state index in [1.807, 2.05) is 0 Å². The number of halogens is 1. The highest BCUT2D eigenvalue weighted by Crippen LogP contribution is 2.30. The van der Waals surface area contributed by atoms with Gasteiger partial charge in [-0.05, 0) is 26.8 Å². The topological polar surface area (TPSA) is 64.6 Å². The molecular weight excluding hydrogens is 270 g/mol. The Morgan fingerprint density at radius 2 is 2.00 bits per heavy atom. The zero-order chi connectivity index (χ0) is 14.6. The SMILES string of the molecule is COc1cc(NC(=O)OC(C)(C)C)c(Cl)cc1C=O. The van der Waals surface area contributed by atoms with Gasteiger partial charge in [0.1, 0.15) is 11.4 Å². The molecule has 0 radical (unpaired) electrons. The molecule has 0 spiro atoms. The third-order valence-electron chi connectivity index (χ3n) is 2.08. The van der Waals surface area contributed by atoms with Crippen molar-refractivity contribution in [1.82, 2.24) is 0 Å². The summed E-state index contributed by atoms with van der Waals surface area (Å²) >= 11 is 5.97. The third-order valence-corrected chi connectivity index (χ3v) is 2.39. The molecule has 0 aliphatic rings. The van der Waals surface area contributed by atoms with E-state index < -0.39 is 11.7 Å². The normalized spacial score (nSPS) is 10.8. The third kappa shape index (κ3) is 4.44. The molecule has 0 aliphatic carbocycles. The van der Waals surface area contributed by atoms with E-state index in [-0.39, 0.29) is 5.02 Å². The van der Waals surface area contributed by atoms with Crippen LogP contribution in [-0.2, 0) is 4.74 Å². The van der Waals surface area contributed by atoms with Crippen LogP contribution in [0.4, 0.5) is 10.5 Å². The second kappa shape index (κ2) is 5.93. The van der Waals surface area contributed by atoms with Gasteiger partial charge in [-0.25, -0.2) is 4.79 Å². The summed E-state index contributed by atoms with van der Waals surface area (Å²) < 4.78 is 10.1. The molecule has 6 heteroatoms. The van der Waals surface area contributed by atoms with Gasteiger partial charge in [-0.2, -0.15) is 0 Å². The van der Waals surface area contributed by atoms with E-state index in [9.17, 15) is 9.59 Å². The minimum Gasteiger partial charge on any atom is -0.496 e. The van der Waals surface area contributed by atoms with E-state index >= 15 is 0 Å². The van der Waals surface area contributed by atoms with Gasteiger partial charge < -0.3 is 9.47 Å². The van der Waals surface area contributed by atoms with Crippen LogP contribution in [0.2, 0.25) is 5.02 Å². The Labute approximate surface area is 116 Å². The van der Waals surface area contributed by atoms with Crippen LogP contribution in [0.25, 0.3) is 0 Å². The second-order valence-corrected chi connectivity index (χ2v) is 5.23. The van der Waals surface area contributed by atoms with Crippen molar-refractivity contribution in [1.29, 1.82) is 0 Å². The van der Waals surface area contributed by atoms with Crippen LogP contribution < -0.4 is 10.1 Å². The molecule has 1 aromatic rings. The molecule has 1 N–H and O–H groups in total. The summed E-state index contributed by atoms with van der Waals surface area (Å²) in [5.74, 6) is 0.324. The van der Waals surface area contributed by atoms with E-state index in [1.165, 1.54) is 19.2 Å². The molecule has 0 saturated carbocycles. The van der Waals surface area contributed by atoms with Crippen molar-refractivity contribution in [2.75, 3.05) is 12.4 Å². The zero-order valence-electron chi connectivity index (χ0n) is 11.2. The van der Waals surface area contributed by atoms with Crippen molar-refractivity contribution < 1.29 is 19.1 Å². The van der Waals surface area contributed by atoms with Gasteiger partial charge in [0.05, 0.1) is 23.4 Å². The predicted octanol–water partition coefficient (Wildman–Crippen LogP) is 3.51. The van der Waals surface area contributed by atoms with Gasteiger partial charge in [0.15, 0.2) is 6.29 Å². The molecule has 0 aliphatic heterocycles. The van der Waals surface area contributed by atoms with Gasteiger partial charge in [-0.15, -0.1) is 0 Å². The number of anilines is 1. The molecule has 0 fully saturated rings. The standard InChI is InChI=1S/C13H16ClNO4/c1-13(2,3)19-12(17)15-10-6-11(18-4)8(7-16)5-9(10)14/h5-7H,1-4H3,(H,15,17). The summed E-state index contributed by atoms with van der Waals surface area (Å²) in [5.41, 5.74) is 0.0178. The van der Waals surface area contributed by atoms with Gasteiger partial charge in [0, 0.05) is 6.07 Å². The summed E-state index contributed by atoms with van der Waals surface area (Å²) in [5, 5.41) is 2.73. The Kier molecular flexibility index (Phi) is 4.78. The highest BCUT2D eigenvalue weighted by atomic mass is 35.5. The first-order valence-electron chi connectivity index (χ1n) is 5.59. The number of rotatable bonds is 3. The van der Waals surface area contributed by atoms with Crippen LogP contribution in [-0.4, -0.2) is 25.1 Å². The number of amides is 1. The van der Waals surface area contributed by atoms with Crippen LogP contribution in [0.3, 0.4) is 0 Å². The van der Waals surface area contributed by atoms with Crippen LogP contribution in [0.15, 0.2) is 12.1 Å².